The van der Waals surface area contributed by atoms with Crippen LogP contribution < -0.4 is 4.74 Å². The van der Waals surface area contributed by atoms with Gasteiger partial charge in [-0.15, -0.1) is 5.10 Å². The lowest BCUT2D eigenvalue weighted by Gasteiger charge is -2.02. The zero-order valence-corrected chi connectivity index (χ0v) is 9.14. The van der Waals surface area contributed by atoms with Gasteiger partial charge in [0.1, 0.15) is 12.1 Å². The summed E-state index contributed by atoms with van der Waals surface area (Å²) in [4.78, 5) is 3.90. The minimum Gasteiger partial charge on any atom is -0.422 e. The first-order chi connectivity index (χ1) is 7.69. The van der Waals surface area contributed by atoms with Gasteiger partial charge >= 0.3 is 6.01 Å². The van der Waals surface area contributed by atoms with Crippen LogP contribution in [0.1, 0.15) is 5.56 Å². The molecule has 6 heteroatoms. The SMILES string of the molecule is Cn1cnc(Oc2ccc(C#N)cc2Cl)n1. The maximum Gasteiger partial charge on any atom is 0.341 e. The molecule has 0 saturated heterocycles. The summed E-state index contributed by atoms with van der Waals surface area (Å²) in [6.45, 7) is 0. The Morgan fingerprint density at radius 2 is 2.31 bits per heavy atom. The Balaban J connectivity index is 2.26. The second-order valence-electron chi connectivity index (χ2n) is 3.06. The molecule has 80 valence electrons. The summed E-state index contributed by atoms with van der Waals surface area (Å²) in [5.41, 5.74) is 0.478. The van der Waals surface area contributed by atoms with Crippen molar-refractivity contribution >= 4 is 11.6 Å². The van der Waals surface area contributed by atoms with E-state index in [1.165, 1.54) is 17.1 Å². The molecule has 16 heavy (non-hydrogen) atoms. The Hall–Kier alpha value is -2.06. The van der Waals surface area contributed by atoms with Crippen molar-refractivity contribution in [3.63, 3.8) is 0 Å². The molecule has 0 amide bonds. The van der Waals surface area contributed by atoms with Gasteiger partial charge in [-0.25, -0.2) is 0 Å². The summed E-state index contributed by atoms with van der Waals surface area (Å²) in [6, 6.07) is 6.96. The van der Waals surface area contributed by atoms with E-state index in [2.05, 4.69) is 10.1 Å². The van der Waals surface area contributed by atoms with Crippen LogP contribution in [0.25, 0.3) is 0 Å². The van der Waals surface area contributed by atoms with E-state index in [0.717, 1.165) is 0 Å². The van der Waals surface area contributed by atoms with E-state index in [0.29, 0.717) is 16.3 Å². The summed E-state index contributed by atoms with van der Waals surface area (Å²) >= 11 is 5.93. The van der Waals surface area contributed by atoms with E-state index in [4.69, 9.17) is 21.6 Å². The van der Waals surface area contributed by atoms with Crippen molar-refractivity contribution in [3.8, 4) is 17.8 Å². The van der Waals surface area contributed by atoms with Gasteiger partial charge in [0.15, 0.2) is 0 Å². The molecule has 0 atom stereocenters. The van der Waals surface area contributed by atoms with Gasteiger partial charge in [-0.1, -0.05) is 11.6 Å². The molecular weight excluding hydrogens is 228 g/mol. The number of hydrogen-bond acceptors (Lipinski definition) is 4. The van der Waals surface area contributed by atoms with Crippen molar-refractivity contribution in [1.29, 1.82) is 5.26 Å². The first-order valence-corrected chi connectivity index (χ1v) is 4.80. The van der Waals surface area contributed by atoms with Gasteiger partial charge in [-0.3, -0.25) is 4.68 Å². The molecule has 0 aliphatic carbocycles. The Morgan fingerprint density at radius 1 is 1.50 bits per heavy atom. The zero-order chi connectivity index (χ0) is 11.5. The fraction of sp³-hybridized carbons (Fsp3) is 0.100. The number of ether oxygens (including phenoxy) is 1. The number of aromatic nitrogens is 3. The van der Waals surface area contributed by atoms with Gasteiger partial charge in [-0.05, 0) is 18.2 Å². The lowest BCUT2D eigenvalue weighted by atomic mass is 10.2. The lowest BCUT2D eigenvalue weighted by molar-refractivity contribution is 0.439. The van der Waals surface area contributed by atoms with Gasteiger partial charge in [0.05, 0.1) is 16.7 Å². The number of rotatable bonds is 2. The normalized spacial score (nSPS) is 9.81. The predicted octanol–water partition coefficient (Wildman–Crippen LogP) is 2.13. The number of aryl methyl sites for hydroxylation is 1. The zero-order valence-electron chi connectivity index (χ0n) is 8.38. The molecule has 0 radical (unpaired) electrons. The largest absolute Gasteiger partial charge is 0.422 e. The smallest absolute Gasteiger partial charge is 0.341 e. The summed E-state index contributed by atoms with van der Waals surface area (Å²) in [5, 5.41) is 13.0. The quantitative estimate of drug-likeness (QED) is 0.799. The van der Waals surface area contributed by atoms with Crippen molar-refractivity contribution in [2.45, 2.75) is 0 Å². The van der Waals surface area contributed by atoms with Crippen LogP contribution in [0.2, 0.25) is 5.02 Å². The van der Waals surface area contributed by atoms with Crippen molar-refractivity contribution in [3.05, 3.63) is 35.1 Å². The Kier molecular flexibility index (Phi) is 2.75. The first-order valence-electron chi connectivity index (χ1n) is 4.42. The second kappa shape index (κ2) is 4.21. The van der Waals surface area contributed by atoms with Crippen molar-refractivity contribution in [2.24, 2.45) is 7.05 Å². The molecule has 0 fully saturated rings. The molecule has 0 spiro atoms. The Bertz CT molecular complexity index is 558. The van der Waals surface area contributed by atoms with Crippen LogP contribution in [-0.2, 0) is 7.05 Å². The van der Waals surface area contributed by atoms with Crippen molar-refractivity contribution in [1.82, 2.24) is 14.8 Å². The molecule has 1 aromatic carbocycles. The van der Waals surface area contributed by atoms with Crippen molar-refractivity contribution in [2.75, 3.05) is 0 Å². The van der Waals surface area contributed by atoms with Crippen LogP contribution in [0.3, 0.4) is 0 Å². The van der Waals surface area contributed by atoms with E-state index in [9.17, 15) is 0 Å². The van der Waals surface area contributed by atoms with E-state index in [1.54, 1.807) is 19.2 Å². The average molecular weight is 235 g/mol. The van der Waals surface area contributed by atoms with Gasteiger partial charge < -0.3 is 4.74 Å². The van der Waals surface area contributed by atoms with Gasteiger partial charge in [0, 0.05) is 7.05 Å². The minimum atomic E-state index is 0.217. The van der Waals surface area contributed by atoms with Crippen LogP contribution in [-0.4, -0.2) is 14.8 Å². The molecule has 2 rings (SSSR count). The van der Waals surface area contributed by atoms with Crippen LogP contribution in [0.5, 0.6) is 11.8 Å². The van der Waals surface area contributed by atoms with Crippen LogP contribution in [0, 0.1) is 11.3 Å². The summed E-state index contributed by atoms with van der Waals surface area (Å²) in [7, 11) is 1.74. The molecule has 0 aliphatic rings. The van der Waals surface area contributed by atoms with Crippen LogP contribution >= 0.6 is 11.6 Å². The maximum absolute atomic E-state index is 8.67. The highest BCUT2D eigenvalue weighted by molar-refractivity contribution is 6.32. The third kappa shape index (κ3) is 2.12. The van der Waals surface area contributed by atoms with E-state index in [-0.39, 0.29) is 6.01 Å². The molecule has 0 unspecified atom stereocenters. The highest BCUT2D eigenvalue weighted by atomic mass is 35.5. The van der Waals surface area contributed by atoms with Gasteiger partial charge in [0.25, 0.3) is 0 Å². The Morgan fingerprint density at radius 3 is 2.88 bits per heavy atom. The third-order valence-electron chi connectivity index (χ3n) is 1.84. The van der Waals surface area contributed by atoms with Crippen LogP contribution in [0.4, 0.5) is 0 Å². The molecule has 1 aromatic heterocycles. The number of nitrogens with zero attached hydrogens (tertiary/aromatic N) is 4. The first kappa shape index (κ1) is 10.5. The number of halogens is 1. The second-order valence-corrected chi connectivity index (χ2v) is 3.47. The van der Waals surface area contributed by atoms with E-state index in [1.807, 2.05) is 6.07 Å². The third-order valence-corrected chi connectivity index (χ3v) is 2.14. The molecule has 0 aliphatic heterocycles. The number of nitriles is 1. The van der Waals surface area contributed by atoms with Gasteiger partial charge in [-0.2, -0.15) is 10.2 Å². The standard InChI is InChI=1S/C10H7ClN4O/c1-15-6-13-10(14-15)16-9-3-2-7(5-12)4-8(9)11/h2-4,6H,1H3. The van der Waals surface area contributed by atoms with E-state index < -0.39 is 0 Å². The molecule has 0 N–H and O–H groups in total. The Labute approximate surface area is 96.9 Å². The molecule has 0 bridgehead atoms. The summed E-state index contributed by atoms with van der Waals surface area (Å²) in [6.07, 6.45) is 1.52. The molecular formula is C10H7ClN4O. The van der Waals surface area contributed by atoms with Crippen LogP contribution in [0.15, 0.2) is 24.5 Å². The number of benzene rings is 1. The topological polar surface area (TPSA) is 63.7 Å². The molecule has 1 heterocycles. The predicted molar refractivity (Wildman–Crippen MR) is 57.2 cm³/mol. The monoisotopic (exact) mass is 234 g/mol. The maximum atomic E-state index is 8.67. The highest BCUT2D eigenvalue weighted by Crippen LogP contribution is 2.28. The lowest BCUT2D eigenvalue weighted by Crippen LogP contribution is -1.91. The fourth-order valence-electron chi connectivity index (χ4n) is 1.12. The van der Waals surface area contributed by atoms with E-state index >= 15 is 0 Å². The minimum absolute atomic E-state index is 0.217. The highest BCUT2D eigenvalue weighted by Gasteiger charge is 2.07. The molecule has 2 aromatic rings. The number of hydrogen-bond donors (Lipinski definition) is 0. The summed E-state index contributed by atoms with van der Waals surface area (Å²) < 4.78 is 6.87. The van der Waals surface area contributed by atoms with Crippen molar-refractivity contribution < 1.29 is 4.74 Å². The molecule has 0 saturated carbocycles. The molecule has 5 nitrogen and oxygen atoms in total. The summed E-state index contributed by atoms with van der Waals surface area (Å²) in [5.74, 6) is 0.423. The fourth-order valence-corrected chi connectivity index (χ4v) is 1.34. The van der Waals surface area contributed by atoms with Gasteiger partial charge in [0.2, 0.25) is 0 Å². The average Bonchev–Trinajstić information content (AvgIpc) is 2.67.